The van der Waals surface area contributed by atoms with E-state index in [1.165, 1.54) is 7.05 Å². The summed E-state index contributed by atoms with van der Waals surface area (Å²) in [5.74, 6) is 1.77. The van der Waals surface area contributed by atoms with Gasteiger partial charge in [-0.1, -0.05) is 35.6 Å². The summed E-state index contributed by atoms with van der Waals surface area (Å²) in [5.41, 5.74) is 9.29. The Bertz CT molecular complexity index is 977. The van der Waals surface area contributed by atoms with Crippen LogP contribution >= 0.6 is 0 Å². The molecule has 0 atom stereocenters. The molecule has 0 radical (unpaired) electrons. The zero-order valence-electron chi connectivity index (χ0n) is 16.1. The second-order valence-electron chi connectivity index (χ2n) is 6.19. The van der Waals surface area contributed by atoms with Crippen LogP contribution in [0.4, 0.5) is 10.5 Å². The Balaban J connectivity index is 1.66. The van der Waals surface area contributed by atoms with Crippen LogP contribution in [0, 0.1) is 12.5 Å². The van der Waals surface area contributed by atoms with Gasteiger partial charge in [0.15, 0.2) is 0 Å². The first kappa shape index (κ1) is 19.8. The molecule has 0 aliphatic carbocycles. The molecule has 0 aliphatic rings. The van der Waals surface area contributed by atoms with Gasteiger partial charge in [0.25, 0.3) is 0 Å². The van der Waals surface area contributed by atoms with E-state index < -0.39 is 6.03 Å². The number of rotatable bonds is 7. The Morgan fingerprint density at radius 3 is 2.59 bits per heavy atom. The molecule has 0 unspecified atom stereocenters. The maximum absolute atomic E-state index is 12.0. The van der Waals surface area contributed by atoms with Crippen LogP contribution in [0.5, 0.6) is 17.4 Å². The quantitative estimate of drug-likeness (QED) is 0.428. The Labute approximate surface area is 168 Å². The number of hydrogen-bond acceptors (Lipinski definition) is 6. The smallest absolute Gasteiger partial charge is 0.343 e. The van der Waals surface area contributed by atoms with Crippen LogP contribution in [0.2, 0.25) is 0 Å². The van der Waals surface area contributed by atoms with E-state index in [0.29, 0.717) is 17.3 Å². The summed E-state index contributed by atoms with van der Waals surface area (Å²) in [5, 5.41) is 6.72. The predicted molar refractivity (Wildman–Crippen MR) is 108 cm³/mol. The summed E-state index contributed by atoms with van der Waals surface area (Å²) < 4.78 is 11.5. The van der Waals surface area contributed by atoms with Gasteiger partial charge < -0.3 is 14.8 Å². The van der Waals surface area contributed by atoms with Gasteiger partial charge in [-0.15, -0.1) is 0 Å². The number of para-hydroxylation sites is 1. The van der Waals surface area contributed by atoms with Gasteiger partial charge in [-0.25, -0.2) is 9.78 Å². The fourth-order valence-electron chi connectivity index (χ4n) is 2.54. The number of aromatic nitrogens is 1. The van der Waals surface area contributed by atoms with Crippen molar-refractivity contribution in [1.82, 2.24) is 9.99 Å². The van der Waals surface area contributed by atoms with Crippen molar-refractivity contribution in [2.45, 2.75) is 13.5 Å². The lowest BCUT2D eigenvalue weighted by molar-refractivity contribution is 0.220. The summed E-state index contributed by atoms with van der Waals surface area (Å²) in [6, 6.07) is 18.0. The molecular formula is C21H21N5O3. The van der Waals surface area contributed by atoms with Crippen molar-refractivity contribution < 1.29 is 14.3 Å². The van der Waals surface area contributed by atoms with Crippen LogP contribution in [0.1, 0.15) is 11.1 Å². The van der Waals surface area contributed by atoms with Gasteiger partial charge in [-0.3, -0.25) is 0 Å². The molecule has 0 spiro atoms. The molecule has 8 heteroatoms. The SMILES string of the molecule is Cc1cccc(NC(=O)N(C)N=N)c1COc1ccc(Oc2ccccc2)cn1. The maximum Gasteiger partial charge on any atom is 0.343 e. The van der Waals surface area contributed by atoms with Gasteiger partial charge in [0, 0.05) is 24.4 Å². The lowest BCUT2D eigenvalue weighted by atomic mass is 10.1. The standard InChI is InChI=1S/C21H21N5O3/c1-15-7-6-10-19(24-21(27)26(2)25-22)18(15)14-28-20-12-11-17(13-23-20)29-16-8-4-3-5-9-16/h3-13,22H,14H2,1-2H3,(H,24,27). The fraction of sp³-hybridized carbons (Fsp3) is 0.143. The van der Waals surface area contributed by atoms with Crippen molar-refractivity contribution >= 4 is 11.7 Å². The minimum absolute atomic E-state index is 0.218. The maximum atomic E-state index is 12.0. The minimum Gasteiger partial charge on any atom is -0.473 e. The largest absolute Gasteiger partial charge is 0.473 e. The van der Waals surface area contributed by atoms with E-state index in [0.717, 1.165) is 21.9 Å². The number of carbonyl (C=O) groups excluding carboxylic acids is 1. The summed E-state index contributed by atoms with van der Waals surface area (Å²) in [7, 11) is 1.40. The van der Waals surface area contributed by atoms with Crippen molar-refractivity contribution in [1.29, 1.82) is 5.53 Å². The molecule has 29 heavy (non-hydrogen) atoms. The molecule has 0 bridgehead atoms. The summed E-state index contributed by atoms with van der Waals surface area (Å²) in [6.07, 6.45) is 1.59. The van der Waals surface area contributed by atoms with Crippen molar-refractivity contribution in [3.05, 3.63) is 78.0 Å². The number of anilines is 1. The third kappa shape index (κ3) is 5.29. The average Bonchev–Trinajstić information content (AvgIpc) is 2.74. The number of urea groups is 1. The molecule has 1 heterocycles. The molecule has 2 N–H and O–H groups in total. The number of pyridine rings is 1. The zero-order chi connectivity index (χ0) is 20.6. The molecule has 0 fully saturated rings. The first-order chi connectivity index (χ1) is 14.1. The number of hydrogen-bond donors (Lipinski definition) is 2. The second-order valence-corrected chi connectivity index (χ2v) is 6.19. The van der Waals surface area contributed by atoms with Gasteiger partial charge >= 0.3 is 6.03 Å². The molecule has 2 aromatic carbocycles. The second kappa shape index (κ2) is 9.32. The fourth-order valence-corrected chi connectivity index (χ4v) is 2.54. The number of nitrogens with zero attached hydrogens (tertiary/aromatic N) is 3. The average molecular weight is 391 g/mol. The number of carbonyl (C=O) groups is 1. The highest BCUT2D eigenvalue weighted by Gasteiger charge is 2.13. The Hall–Kier alpha value is -3.94. The topological polar surface area (TPSA) is 99.9 Å². The van der Waals surface area contributed by atoms with Gasteiger partial charge in [-0.2, -0.15) is 10.5 Å². The van der Waals surface area contributed by atoms with Gasteiger partial charge in [0.05, 0.1) is 6.20 Å². The number of aryl methyl sites for hydroxylation is 1. The van der Waals surface area contributed by atoms with E-state index in [-0.39, 0.29) is 6.61 Å². The van der Waals surface area contributed by atoms with Crippen molar-refractivity contribution in [3.63, 3.8) is 0 Å². The Morgan fingerprint density at radius 2 is 1.90 bits per heavy atom. The van der Waals surface area contributed by atoms with Crippen LogP contribution in [0.3, 0.4) is 0 Å². The highest BCUT2D eigenvalue weighted by atomic mass is 16.5. The third-order valence-corrected chi connectivity index (χ3v) is 4.15. The highest BCUT2D eigenvalue weighted by Crippen LogP contribution is 2.24. The van der Waals surface area contributed by atoms with Crippen molar-refractivity contribution in [3.8, 4) is 17.4 Å². The van der Waals surface area contributed by atoms with Gasteiger partial charge in [0.2, 0.25) is 5.88 Å². The van der Waals surface area contributed by atoms with Crippen LogP contribution in [-0.2, 0) is 6.61 Å². The van der Waals surface area contributed by atoms with Crippen molar-refractivity contribution in [2.24, 2.45) is 5.22 Å². The number of ether oxygens (including phenoxy) is 2. The number of nitrogens with one attached hydrogen (secondary N) is 2. The number of benzene rings is 2. The molecule has 8 nitrogen and oxygen atoms in total. The third-order valence-electron chi connectivity index (χ3n) is 4.15. The molecule has 3 aromatic rings. The first-order valence-corrected chi connectivity index (χ1v) is 8.89. The van der Waals surface area contributed by atoms with E-state index in [4.69, 9.17) is 15.0 Å². The molecule has 1 aromatic heterocycles. The van der Waals surface area contributed by atoms with Crippen molar-refractivity contribution in [2.75, 3.05) is 12.4 Å². The zero-order valence-corrected chi connectivity index (χ0v) is 16.1. The van der Waals surface area contributed by atoms with Crippen LogP contribution in [0.25, 0.3) is 0 Å². The first-order valence-electron chi connectivity index (χ1n) is 8.89. The van der Waals surface area contributed by atoms with Gasteiger partial charge in [0.1, 0.15) is 18.1 Å². The minimum atomic E-state index is -0.507. The molecular weight excluding hydrogens is 370 g/mol. The van der Waals surface area contributed by atoms with E-state index >= 15 is 0 Å². The number of amides is 2. The van der Waals surface area contributed by atoms with Gasteiger partial charge in [-0.05, 0) is 36.8 Å². The van der Waals surface area contributed by atoms with Crippen LogP contribution in [-0.4, -0.2) is 23.1 Å². The highest BCUT2D eigenvalue weighted by molar-refractivity contribution is 5.89. The van der Waals surface area contributed by atoms with Crippen LogP contribution in [0.15, 0.2) is 72.1 Å². The lowest BCUT2D eigenvalue weighted by Gasteiger charge is -2.16. The summed E-state index contributed by atoms with van der Waals surface area (Å²) >= 11 is 0. The summed E-state index contributed by atoms with van der Waals surface area (Å²) in [4.78, 5) is 16.3. The molecule has 148 valence electrons. The monoisotopic (exact) mass is 391 g/mol. The normalized spacial score (nSPS) is 10.1. The molecule has 2 amide bonds. The summed E-state index contributed by atoms with van der Waals surface area (Å²) in [6.45, 7) is 2.15. The van der Waals surface area contributed by atoms with E-state index in [2.05, 4.69) is 15.5 Å². The molecule has 0 aliphatic heterocycles. The van der Waals surface area contributed by atoms with E-state index in [1.807, 2.05) is 49.4 Å². The van der Waals surface area contributed by atoms with E-state index in [9.17, 15) is 4.79 Å². The predicted octanol–water partition coefficient (Wildman–Crippen LogP) is 5.17. The molecule has 0 saturated heterocycles. The molecule has 3 rings (SSSR count). The van der Waals surface area contributed by atoms with E-state index in [1.54, 1.807) is 24.4 Å². The molecule has 0 saturated carbocycles. The Kier molecular flexibility index (Phi) is 6.36. The Morgan fingerprint density at radius 1 is 1.10 bits per heavy atom. The van der Waals surface area contributed by atoms with Crippen LogP contribution < -0.4 is 14.8 Å². The lowest BCUT2D eigenvalue weighted by Crippen LogP contribution is -2.27.